The van der Waals surface area contributed by atoms with E-state index in [1.807, 2.05) is 29.2 Å². The van der Waals surface area contributed by atoms with Gasteiger partial charge in [-0.3, -0.25) is 19.7 Å². The fraction of sp³-hybridized carbons (Fsp3) is 0.391. The third-order valence-electron chi connectivity index (χ3n) is 5.37. The van der Waals surface area contributed by atoms with Crippen LogP contribution in [0.1, 0.15) is 36.2 Å². The van der Waals surface area contributed by atoms with Crippen molar-refractivity contribution in [3.05, 3.63) is 63.7 Å². The van der Waals surface area contributed by atoms with Crippen molar-refractivity contribution >= 4 is 28.9 Å². The number of hydrogen-bond donors (Lipinski definition) is 1. The minimum atomic E-state index is -0.489. The predicted octanol–water partition coefficient (Wildman–Crippen LogP) is 3.85. The van der Waals surface area contributed by atoms with Crippen molar-refractivity contribution in [3.63, 3.8) is 0 Å². The summed E-state index contributed by atoms with van der Waals surface area (Å²) in [5, 5.41) is 13.9. The van der Waals surface area contributed by atoms with Gasteiger partial charge in [-0.25, -0.2) is 0 Å². The van der Waals surface area contributed by atoms with Gasteiger partial charge in [-0.15, -0.1) is 0 Å². The van der Waals surface area contributed by atoms with Gasteiger partial charge >= 0.3 is 0 Å². The average molecular weight is 425 g/mol. The molecule has 0 bridgehead atoms. The highest BCUT2D eigenvalue weighted by atomic mass is 16.6. The van der Waals surface area contributed by atoms with Gasteiger partial charge in [-0.2, -0.15) is 0 Å². The molecule has 0 unspecified atom stereocenters. The highest BCUT2D eigenvalue weighted by Gasteiger charge is 2.22. The Hall–Kier alpha value is -3.42. The monoisotopic (exact) mass is 424 g/mol. The number of nitrogens with zero attached hydrogens (tertiary/aromatic N) is 3. The molecular weight excluding hydrogens is 396 g/mol. The second-order valence-corrected chi connectivity index (χ2v) is 8.23. The first-order valence-corrected chi connectivity index (χ1v) is 10.4. The van der Waals surface area contributed by atoms with Crippen LogP contribution in [0.3, 0.4) is 0 Å². The van der Waals surface area contributed by atoms with Gasteiger partial charge in [0.2, 0.25) is 5.91 Å². The number of piperazine rings is 1. The van der Waals surface area contributed by atoms with Gasteiger partial charge in [0.05, 0.1) is 4.92 Å². The Bertz CT molecular complexity index is 964. The zero-order chi connectivity index (χ0) is 22.5. The van der Waals surface area contributed by atoms with E-state index in [-0.39, 0.29) is 17.2 Å². The van der Waals surface area contributed by atoms with E-state index in [1.165, 1.54) is 6.07 Å². The van der Waals surface area contributed by atoms with Gasteiger partial charge in [-0.1, -0.05) is 19.9 Å². The maximum atomic E-state index is 12.5. The number of carbonyl (C=O) groups excluding carboxylic acids is 2. The molecule has 8 nitrogen and oxygen atoms in total. The Kier molecular flexibility index (Phi) is 6.89. The topological polar surface area (TPSA) is 95.8 Å². The van der Waals surface area contributed by atoms with Crippen molar-refractivity contribution in [2.24, 2.45) is 5.92 Å². The standard InChI is InChI=1S/C23H28N4O4/c1-16(2)14-22(28)26-12-10-25(11-13-26)20-8-6-19(7-9-20)24-23(29)18-5-4-17(3)21(15-18)27(30)31/h4-9,15-16H,10-14H2,1-3H3,(H,24,29). The van der Waals surface area contributed by atoms with Crippen LogP contribution in [0.4, 0.5) is 17.1 Å². The number of carbonyl (C=O) groups is 2. The molecule has 0 saturated carbocycles. The summed E-state index contributed by atoms with van der Waals surface area (Å²) < 4.78 is 0. The normalized spacial score (nSPS) is 13.9. The highest BCUT2D eigenvalue weighted by Crippen LogP contribution is 2.22. The number of nitro groups is 1. The largest absolute Gasteiger partial charge is 0.368 e. The van der Waals surface area contributed by atoms with Crippen LogP contribution >= 0.6 is 0 Å². The van der Waals surface area contributed by atoms with Gasteiger partial charge < -0.3 is 15.1 Å². The summed E-state index contributed by atoms with van der Waals surface area (Å²) in [4.78, 5) is 39.4. The summed E-state index contributed by atoms with van der Waals surface area (Å²) >= 11 is 0. The second-order valence-electron chi connectivity index (χ2n) is 8.23. The summed E-state index contributed by atoms with van der Waals surface area (Å²) in [6.07, 6.45) is 0.582. The maximum absolute atomic E-state index is 12.5. The smallest absolute Gasteiger partial charge is 0.273 e. The number of amides is 2. The van der Waals surface area contributed by atoms with E-state index in [0.717, 1.165) is 18.8 Å². The Morgan fingerprint density at radius 2 is 1.71 bits per heavy atom. The van der Waals surface area contributed by atoms with Gasteiger partial charge in [0.25, 0.3) is 11.6 Å². The van der Waals surface area contributed by atoms with Gasteiger partial charge in [0, 0.05) is 61.2 Å². The summed E-state index contributed by atoms with van der Waals surface area (Å²) in [6, 6.07) is 11.9. The second kappa shape index (κ2) is 9.59. The molecule has 0 spiro atoms. The van der Waals surface area contributed by atoms with Crippen molar-refractivity contribution in [1.29, 1.82) is 0 Å². The predicted molar refractivity (Wildman–Crippen MR) is 120 cm³/mol. The van der Waals surface area contributed by atoms with Gasteiger partial charge in [0.1, 0.15) is 0 Å². The third-order valence-corrected chi connectivity index (χ3v) is 5.37. The van der Waals surface area contributed by atoms with Crippen LogP contribution in [0, 0.1) is 23.0 Å². The molecular formula is C23H28N4O4. The molecule has 31 heavy (non-hydrogen) atoms. The number of anilines is 2. The summed E-state index contributed by atoms with van der Waals surface area (Å²) in [5.74, 6) is 0.177. The Labute approximate surface area is 182 Å². The lowest BCUT2D eigenvalue weighted by Gasteiger charge is -2.36. The molecule has 3 rings (SSSR count). The van der Waals surface area contributed by atoms with Crippen LogP contribution in [0.2, 0.25) is 0 Å². The highest BCUT2D eigenvalue weighted by molar-refractivity contribution is 6.04. The first-order chi connectivity index (χ1) is 14.7. The molecule has 2 aromatic carbocycles. The quantitative estimate of drug-likeness (QED) is 0.561. The molecule has 2 aromatic rings. The summed E-state index contributed by atoms with van der Waals surface area (Å²) in [6.45, 7) is 8.68. The van der Waals surface area contributed by atoms with Crippen LogP contribution in [0.5, 0.6) is 0 Å². The number of nitrogens with one attached hydrogen (secondary N) is 1. The average Bonchev–Trinajstić information content (AvgIpc) is 2.74. The first kappa shape index (κ1) is 22.3. The Balaban J connectivity index is 1.59. The van der Waals surface area contributed by atoms with Crippen molar-refractivity contribution < 1.29 is 14.5 Å². The van der Waals surface area contributed by atoms with Crippen molar-refractivity contribution in [2.45, 2.75) is 27.2 Å². The molecule has 164 valence electrons. The van der Waals surface area contributed by atoms with Gasteiger partial charge in [0.15, 0.2) is 0 Å². The summed E-state index contributed by atoms with van der Waals surface area (Å²) in [7, 11) is 0. The minimum absolute atomic E-state index is 0.0750. The van der Waals surface area contributed by atoms with E-state index < -0.39 is 10.8 Å². The zero-order valence-corrected chi connectivity index (χ0v) is 18.1. The number of rotatable bonds is 6. The first-order valence-electron chi connectivity index (χ1n) is 10.4. The molecule has 2 amide bonds. The van der Waals surface area contributed by atoms with E-state index in [4.69, 9.17) is 0 Å². The number of hydrogen-bond acceptors (Lipinski definition) is 5. The molecule has 1 N–H and O–H groups in total. The van der Waals surface area contributed by atoms with Crippen LogP contribution in [0.15, 0.2) is 42.5 Å². The van der Waals surface area contributed by atoms with Crippen molar-refractivity contribution in [3.8, 4) is 0 Å². The number of aryl methyl sites for hydroxylation is 1. The van der Waals surface area contributed by atoms with E-state index in [9.17, 15) is 19.7 Å². The number of nitro benzene ring substituents is 1. The minimum Gasteiger partial charge on any atom is -0.368 e. The number of benzene rings is 2. The Morgan fingerprint density at radius 1 is 1.06 bits per heavy atom. The van der Waals surface area contributed by atoms with E-state index >= 15 is 0 Å². The molecule has 0 atom stereocenters. The lowest BCUT2D eigenvalue weighted by molar-refractivity contribution is -0.385. The van der Waals surface area contributed by atoms with Crippen LogP contribution in [-0.2, 0) is 4.79 Å². The lowest BCUT2D eigenvalue weighted by Crippen LogP contribution is -2.49. The molecule has 1 saturated heterocycles. The summed E-state index contributed by atoms with van der Waals surface area (Å²) in [5.41, 5.74) is 2.32. The molecule has 0 radical (unpaired) electrons. The van der Waals surface area contributed by atoms with Crippen LogP contribution in [0.25, 0.3) is 0 Å². The van der Waals surface area contributed by atoms with Crippen molar-refractivity contribution in [2.75, 3.05) is 36.4 Å². The maximum Gasteiger partial charge on any atom is 0.273 e. The molecule has 1 aliphatic heterocycles. The SMILES string of the molecule is Cc1ccc(C(=O)Nc2ccc(N3CCN(C(=O)CC(C)C)CC3)cc2)cc1[N+](=O)[O-]. The van der Waals surface area contributed by atoms with E-state index in [1.54, 1.807) is 19.1 Å². The molecule has 0 aliphatic carbocycles. The third kappa shape index (κ3) is 5.59. The fourth-order valence-electron chi connectivity index (χ4n) is 3.60. The van der Waals surface area contributed by atoms with Gasteiger partial charge in [-0.05, 0) is 43.2 Å². The fourth-order valence-corrected chi connectivity index (χ4v) is 3.60. The zero-order valence-electron chi connectivity index (χ0n) is 18.1. The molecule has 1 fully saturated rings. The molecule has 1 heterocycles. The molecule has 1 aliphatic rings. The molecule has 8 heteroatoms. The van der Waals surface area contributed by atoms with Crippen molar-refractivity contribution in [1.82, 2.24) is 4.90 Å². The van der Waals surface area contributed by atoms with Crippen LogP contribution in [-0.4, -0.2) is 47.8 Å². The van der Waals surface area contributed by atoms with E-state index in [2.05, 4.69) is 24.1 Å². The van der Waals surface area contributed by atoms with Crippen LogP contribution < -0.4 is 10.2 Å². The molecule has 0 aromatic heterocycles. The Morgan fingerprint density at radius 3 is 2.29 bits per heavy atom. The van der Waals surface area contributed by atoms with E-state index in [0.29, 0.717) is 36.7 Å². The lowest BCUT2D eigenvalue weighted by atomic mass is 10.1.